The zero-order valence-electron chi connectivity index (χ0n) is 18.0. The summed E-state index contributed by atoms with van der Waals surface area (Å²) in [5, 5.41) is 1.77. The van der Waals surface area contributed by atoms with E-state index in [9.17, 15) is 0 Å². The molecular formula is C25H23ClN4O2. The summed E-state index contributed by atoms with van der Waals surface area (Å²) >= 11 is 6.00. The zero-order valence-corrected chi connectivity index (χ0v) is 18.8. The van der Waals surface area contributed by atoms with Crippen LogP contribution in [0, 0.1) is 0 Å². The first-order chi connectivity index (χ1) is 15.6. The third-order valence-corrected chi connectivity index (χ3v) is 6.02. The Kier molecular flexibility index (Phi) is 5.64. The van der Waals surface area contributed by atoms with Gasteiger partial charge in [-0.25, -0.2) is 15.0 Å². The zero-order chi connectivity index (χ0) is 22.1. The summed E-state index contributed by atoms with van der Waals surface area (Å²) in [6.45, 7) is 2.45. The molecule has 1 aliphatic heterocycles. The van der Waals surface area contributed by atoms with E-state index < -0.39 is 0 Å². The van der Waals surface area contributed by atoms with Crippen molar-refractivity contribution in [2.45, 2.75) is 19.5 Å². The van der Waals surface area contributed by atoms with Crippen molar-refractivity contribution >= 4 is 22.5 Å². The average Bonchev–Trinajstić information content (AvgIpc) is 2.83. The van der Waals surface area contributed by atoms with Crippen molar-refractivity contribution in [1.29, 1.82) is 0 Å². The van der Waals surface area contributed by atoms with E-state index in [1.165, 1.54) is 0 Å². The fraction of sp³-hybridized carbons (Fsp3) is 0.240. The van der Waals surface area contributed by atoms with Crippen LogP contribution in [-0.2, 0) is 19.5 Å². The summed E-state index contributed by atoms with van der Waals surface area (Å²) in [5.74, 6) is 2.17. The van der Waals surface area contributed by atoms with E-state index in [-0.39, 0.29) is 0 Å². The number of hydrogen-bond donors (Lipinski definition) is 0. The third-order valence-electron chi connectivity index (χ3n) is 5.77. The first kappa shape index (κ1) is 20.7. The van der Waals surface area contributed by atoms with E-state index >= 15 is 0 Å². The van der Waals surface area contributed by atoms with Crippen molar-refractivity contribution in [1.82, 2.24) is 19.9 Å². The first-order valence-electron chi connectivity index (χ1n) is 10.5. The Morgan fingerprint density at radius 2 is 1.84 bits per heavy atom. The van der Waals surface area contributed by atoms with Crippen LogP contribution < -0.4 is 9.47 Å². The largest absolute Gasteiger partial charge is 0.497 e. The molecule has 4 aromatic rings. The molecule has 32 heavy (non-hydrogen) atoms. The summed E-state index contributed by atoms with van der Waals surface area (Å²) in [7, 11) is 3.32. The molecule has 0 N–H and O–H groups in total. The van der Waals surface area contributed by atoms with Crippen LogP contribution in [0.25, 0.3) is 22.3 Å². The predicted molar refractivity (Wildman–Crippen MR) is 125 cm³/mol. The number of halogens is 1. The molecule has 0 atom stereocenters. The normalized spacial score (nSPS) is 13.7. The van der Waals surface area contributed by atoms with Gasteiger partial charge in [-0.1, -0.05) is 11.6 Å². The van der Waals surface area contributed by atoms with Crippen LogP contribution in [0.15, 0.2) is 54.7 Å². The molecule has 7 heteroatoms. The van der Waals surface area contributed by atoms with Gasteiger partial charge in [0.05, 0.1) is 25.4 Å². The van der Waals surface area contributed by atoms with Crippen LogP contribution in [0.1, 0.15) is 16.8 Å². The molecule has 0 fully saturated rings. The van der Waals surface area contributed by atoms with Gasteiger partial charge < -0.3 is 9.47 Å². The average molecular weight is 447 g/mol. The Balaban J connectivity index is 1.37. The number of nitrogens with zero attached hydrogens (tertiary/aromatic N) is 4. The van der Waals surface area contributed by atoms with Crippen molar-refractivity contribution < 1.29 is 9.47 Å². The molecule has 6 nitrogen and oxygen atoms in total. The van der Waals surface area contributed by atoms with E-state index in [4.69, 9.17) is 31.0 Å². The maximum absolute atomic E-state index is 6.00. The van der Waals surface area contributed by atoms with Crippen LogP contribution in [0.3, 0.4) is 0 Å². The molecule has 0 unspecified atom stereocenters. The molecule has 2 aromatic carbocycles. The highest BCUT2D eigenvalue weighted by Gasteiger charge is 2.21. The van der Waals surface area contributed by atoms with Gasteiger partial charge in [0.2, 0.25) is 5.88 Å². The van der Waals surface area contributed by atoms with Gasteiger partial charge in [0.25, 0.3) is 0 Å². The standard InChI is InChI=1S/C25H23ClN4O2/c1-31-21-8-5-17-11-18(25(32-2)29-23(17)12-21)14-30-10-9-22-19(15-30)13-27-24(28-22)16-3-6-20(26)7-4-16/h3-8,11-13H,9-10,14-15H2,1-2H3. The lowest BCUT2D eigenvalue weighted by Crippen LogP contribution is -2.31. The second-order valence-corrected chi connectivity index (χ2v) is 8.28. The van der Waals surface area contributed by atoms with Gasteiger partial charge in [0.1, 0.15) is 5.75 Å². The lowest BCUT2D eigenvalue weighted by Gasteiger charge is -2.28. The fourth-order valence-electron chi connectivity index (χ4n) is 4.08. The molecule has 162 valence electrons. The Bertz CT molecular complexity index is 1280. The molecule has 0 bridgehead atoms. The van der Waals surface area contributed by atoms with Gasteiger partial charge in [-0.05, 0) is 42.5 Å². The lowest BCUT2D eigenvalue weighted by atomic mass is 10.1. The van der Waals surface area contributed by atoms with Crippen molar-refractivity contribution in [2.75, 3.05) is 20.8 Å². The Hall–Kier alpha value is -3.22. The monoisotopic (exact) mass is 446 g/mol. The van der Waals surface area contributed by atoms with Gasteiger partial charge in [-0.3, -0.25) is 4.90 Å². The predicted octanol–water partition coefficient (Wildman–Crippen LogP) is 4.92. The maximum atomic E-state index is 6.00. The van der Waals surface area contributed by atoms with Crippen LogP contribution in [0.4, 0.5) is 0 Å². The molecule has 0 saturated heterocycles. The minimum atomic E-state index is 0.644. The van der Waals surface area contributed by atoms with E-state index in [0.29, 0.717) is 10.9 Å². The second-order valence-electron chi connectivity index (χ2n) is 7.85. The summed E-state index contributed by atoms with van der Waals surface area (Å²) in [4.78, 5) is 16.5. The molecule has 0 amide bonds. The highest BCUT2D eigenvalue weighted by Crippen LogP contribution is 2.28. The maximum Gasteiger partial charge on any atom is 0.218 e. The molecule has 0 aliphatic carbocycles. The van der Waals surface area contributed by atoms with Gasteiger partial charge in [-0.15, -0.1) is 0 Å². The SMILES string of the molecule is COc1ccc2cc(CN3CCc4nc(-c5ccc(Cl)cc5)ncc4C3)c(OC)nc2c1. The number of fused-ring (bicyclic) bond motifs is 2. The Morgan fingerprint density at radius 1 is 1.00 bits per heavy atom. The summed E-state index contributed by atoms with van der Waals surface area (Å²) in [6.07, 6.45) is 2.82. The quantitative estimate of drug-likeness (QED) is 0.433. The first-order valence-corrected chi connectivity index (χ1v) is 10.9. The van der Waals surface area contributed by atoms with Gasteiger partial charge >= 0.3 is 0 Å². The number of ether oxygens (including phenoxy) is 2. The Morgan fingerprint density at radius 3 is 2.62 bits per heavy atom. The number of methoxy groups -OCH3 is 2. The highest BCUT2D eigenvalue weighted by atomic mass is 35.5. The molecule has 1 aliphatic rings. The van der Waals surface area contributed by atoms with Crippen LogP contribution in [-0.4, -0.2) is 40.6 Å². The number of pyridine rings is 1. The third kappa shape index (κ3) is 4.11. The van der Waals surface area contributed by atoms with Crippen molar-refractivity contribution in [2.24, 2.45) is 0 Å². The molecule has 0 spiro atoms. The molecular weight excluding hydrogens is 424 g/mol. The minimum absolute atomic E-state index is 0.644. The molecule has 3 heterocycles. The van der Waals surface area contributed by atoms with Gasteiger partial charge in [0, 0.05) is 65.4 Å². The van der Waals surface area contributed by atoms with Gasteiger partial charge in [0.15, 0.2) is 5.82 Å². The van der Waals surface area contributed by atoms with E-state index in [1.807, 2.05) is 48.7 Å². The molecule has 5 rings (SSSR count). The number of hydrogen-bond acceptors (Lipinski definition) is 6. The second kappa shape index (κ2) is 8.73. The Labute approximate surface area is 191 Å². The van der Waals surface area contributed by atoms with Crippen molar-refractivity contribution in [3.63, 3.8) is 0 Å². The molecule has 0 saturated carbocycles. The summed E-state index contributed by atoms with van der Waals surface area (Å²) in [5.41, 5.74) is 5.16. The van der Waals surface area contributed by atoms with E-state index in [1.54, 1.807) is 14.2 Å². The van der Waals surface area contributed by atoms with Gasteiger partial charge in [-0.2, -0.15) is 0 Å². The molecule has 0 radical (unpaired) electrons. The minimum Gasteiger partial charge on any atom is -0.497 e. The van der Waals surface area contributed by atoms with E-state index in [2.05, 4.69) is 16.0 Å². The topological polar surface area (TPSA) is 60.4 Å². The highest BCUT2D eigenvalue weighted by molar-refractivity contribution is 6.30. The number of rotatable bonds is 5. The molecule has 2 aromatic heterocycles. The fourth-order valence-corrected chi connectivity index (χ4v) is 4.20. The van der Waals surface area contributed by atoms with Crippen molar-refractivity contribution in [3.8, 4) is 23.0 Å². The summed E-state index contributed by atoms with van der Waals surface area (Å²) in [6, 6.07) is 15.7. The van der Waals surface area contributed by atoms with Crippen LogP contribution >= 0.6 is 11.6 Å². The lowest BCUT2D eigenvalue weighted by molar-refractivity contribution is 0.238. The van der Waals surface area contributed by atoms with Crippen LogP contribution in [0.2, 0.25) is 5.02 Å². The van der Waals surface area contributed by atoms with Crippen LogP contribution in [0.5, 0.6) is 11.6 Å². The summed E-state index contributed by atoms with van der Waals surface area (Å²) < 4.78 is 10.9. The van der Waals surface area contributed by atoms with Crippen molar-refractivity contribution in [3.05, 3.63) is 76.6 Å². The van der Waals surface area contributed by atoms with E-state index in [0.717, 1.165) is 70.9 Å². The number of benzene rings is 2. The smallest absolute Gasteiger partial charge is 0.218 e. The number of aromatic nitrogens is 3.